The van der Waals surface area contributed by atoms with E-state index in [2.05, 4.69) is 29.1 Å². The van der Waals surface area contributed by atoms with Gasteiger partial charge in [0.2, 0.25) is 0 Å². The molecule has 5 heteroatoms. The SMILES string of the molecule is Cc1sc2ncnc(NCCC(C)Cl)c2c1C. The maximum Gasteiger partial charge on any atom is 0.138 e. The third-order valence-corrected chi connectivity index (χ3v) is 4.13. The maximum atomic E-state index is 5.93. The van der Waals surface area contributed by atoms with Crippen LogP contribution in [-0.4, -0.2) is 21.9 Å². The fourth-order valence-corrected chi connectivity index (χ4v) is 2.81. The van der Waals surface area contributed by atoms with Gasteiger partial charge in [-0.2, -0.15) is 0 Å². The van der Waals surface area contributed by atoms with Gasteiger partial charge in [-0.15, -0.1) is 22.9 Å². The molecule has 2 aromatic rings. The average Bonchev–Trinajstić information content (AvgIpc) is 2.55. The quantitative estimate of drug-likeness (QED) is 0.860. The number of anilines is 1. The summed E-state index contributed by atoms with van der Waals surface area (Å²) in [4.78, 5) is 11.0. The average molecular weight is 270 g/mol. The second kappa shape index (κ2) is 5.19. The van der Waals surface area contributed by atoms with Crippen LogP contribution in [0, 0.1) is 13.8 Å². The molecule has 1 N–H and O–H groups in total. The van der Waals surface area contributed by atoms with Gasteiger partial charge in [-0.05, 0) is 32.8 Å². The van der Waals surface area contributed by atoms with Crippen molar-refractivity contribution in [2.24, 2.45) is 0 Å². The summed E-state index contributed by atoms with van der Waals surface area (Å²) in [6.07, 6.45) is 2.54. The Morgan fingerprint density at radius 2 is 2.18 bits per heavy atom. The summed E-state index contributed by atoms with van der Waals surface area (Å²) >= 11 is 7.64. The Kier molecular flexibility index (Phi) is 3.84. The Balaban J connectivity index is 2.27. The van der Waals surface area contributed by atoms with Crippen LogP contribution in [0.2, 0.25) is 0 Å². The number of hydrogen-bond donors (Lipinski definition) is 1. The number of nitrogens with zero attached hydrogens (tertiary/aromatic N) is 2. The highest BCUT2D eigenvalue weighted by atomic mass is 35.5. The first kappa shape index (κ1) is 12.6. The van der Waals surface area contributed by atoms with Crippen molar-refractivity contribution in [1.82, 2.24) is 9.97 Å². The number of aromatic nitrogens is 2. The first-order valence-corrected chi connectivity index (χ1v) is 6.93. The number of hydrogen-bond acceptors (Lipinski definition) is 4. The van der Waals surface area contributed by atoms with Crippen LogP contribution < -0.4 is 5.32 Å². The summed E-state index contributed by atoms with van der Waals surface area (Å²) in [5.74, 6) is 0.925. The van der Waals surface area contributed by atoms with Crippen molar-refractivity contribution in [2.45, 2.75) is 32.6 Å². The Morgan fingerprint density at radius 1 is 1.41 bits per heavy atom. The summed E-state index contributed by atoms with van der Waals surface area (Å²) < 4.78 is 0. The van der Waals surface area contributed by atoms with E-state index < -0.39 is 0 Å². The fraction of sp³-hybridized carbons (Fsp3) is 0.500. The zero-order chi connectivity index (χ0) is 12.4. The predicted octanol–water partition coefficient (Wildman–Crippen LogP) is 3.74. The molecule has 0 radical (unpaired) electrons. The van der Waals surface area contributed by atoms with Crippen molar-refractivity contribution in [1.29, 1.82) is 0 Å². The molecule has 0 saturated carbocycles. The highest BCUT2D eigenvalue weighted by Gasteiger charge is 2.11. The molecule has 0 bridgehead atoms. The number of thiophene rings is 1. The van der Waals surface area contributed by atoms with Crippen LogP contribution in [0.1, 0.15) is 23.8 Å². The van der Waals surface area contributed by atoms with E-state index >= 15 is 0 Å². The molecule has 92 valence electrons. The Labute approximate surface area is 110 Å². The van der Waals surface area contributed by atoms with Crippen LogP contribution in [-0.2, 0) is 0 Å². The summed E-state index contributed by atoms with van der Waals surface area (Å²) in [5.41, 5.74) is 1.27. The van der Waals surface area contributed by atoms with Gasteiger partial charge in [0.25, 0.3) is 0 Å². The van der Waals surface area contributed by atoms with Crippen LogP contribution in [0.3, 0.4) is 0 Å². The zero-order valence-corrected chi connectivity index (χ0v) is 11.8. The van der Waals surface area contributed by atoms with Gasteiger partial charge in [-0.1, -0.05) is 0 Å². The summed E-state index contributed by atoms with van der Waals surface area (Å²) in [6, 6.07) is 0. The van der Waals surface area contributed by atoms with Crippen molar-refractivity contribution >= 4 is 39.0 Å². The van der Waals surface area contributed by atoms with E-state index in [1.807, 2.05) is 6.92 Å². The number of rotatable bonds is 4. The number of alkyl halides is 1. The zero-order valence-electron chi connectivity index (χ0n) is 10.2. The van der Waals surface area contributed by atoms with Crippen LogP contribution in [0.25, 0.3) is 10.2 Å². The molecule has 1 atom stereocenters. The topological polar surface area (TPSA) is 37.8 Å². The van der Waals surface area contributed by atoms with E-state index in [4.69, 9.17) is 11.6 Å². The van der Waals surface area contributed by atoms with E-state index in [9.17, 15) is 0 Å². The molecule has 0 fully saturated rings. The van der Waals surface area contributed by atoms with Gasteiger partial charge in [-0.25, -0.2) is 9.97 Å². The van der Waals surface area contributed by atoms with E-state index in [1.165, 1.54) is 10.4 Å². The highest BCUT2D eigenvalue weighted by molar-refractivity contribution is 7.18. The maximum absolute atomic E-state index is 5.93. The molecule has 2 rings (SSSR count). The second-order valence-corrected chi connectivity index (χ2v) is 6.13. The van der Waals surface area contributed by atoms with Crippen molar-refractivity contribution in [3.8, 4) is 0 Å². The van der Waals surface area contributed by atoms with Crippen LogP contribution >= 0.6 is 22.9 Å². The van der Waals surface area contributed by atoms with Gasteiger partial charge in [0.1, 0.15) is 17.0 Å². The van der Waals surface area contributed by atoms with Gasteiger partial charge >= 0.3 is 0 Å². The lowest BCUT2D eigenvalue weighted by molar-refractivity contribution is 0.840. The third kappa shape index (κ3) is 2.69. The van der Waals surface area contributed by atoms with E-state index in [1.54, 1.807) is 17.7 Å². The predicted molar refractivity (Wildman–Crippen MR) is 75.3 cm³/mol. The minimum Gasteiger partial charge on any atom is -0.369 e. The van der Waals surface area contributed by atoms with Crippen molar-refractivity contribution in [3.05, 3.63) is 16.8 Å². The number of aryl methyl sites for hydroxylation is 2. The number of nitrogens with one attached hydrogen (secondary N) is 1. The lowest BCUT2D eigenvalue weighted by Gasteiger charge is -2.07. The third-order valence-electron chi connectivity index (χ3n) is 2.80. The normalized spacial score (nSPS) is 12.9. The highest BCUT2D eigenvalue weighted by Crippen LogP contribution is 2.32. The van der Waals surface area contributed by atoms with E-state index in [0.29, 0.717) is 0 Å². The molecular formula is C12H16ClN3S. The minimum atomic E-state index is 0.185. The summed E-state index contributed by atoms with van der Waals surface area (Å²) in [5, 5.41) is 4.68. The lowest BCUT2D eigenvalue weighted by atomic mass is 10.2. The molecular weight excluding hydrogens is 254 g/mol. The summed E-state index contributed by atoms with van der Waals surface area (Å²) in [7, 11) is 0. The van der Waals surface area contributed by atoms with Crippen LogP contribution in [0.5, 0.6) is 0 Å². The van der Waals surface area contributed by atoms with Crippen molar-refractivity contribution in [3.63, 3.8) is 0 Å². The number of fused-ring (bicyclic) bond motifs is 1. The minimum absolute atomic E-state index is 0.185. The Hall–Kier alpha value is -0.870. The second-order valence-electron chi connectivity index (χ2n) is 4.18. The molecule has 0 aliphatic heterocycles. The molecule has 0 saturated heterocycles. The molecule has 2 aromatic heterocycles. The fourth-order valence-electron chi connectivity index (χ4n) is 1.71. The van der Waals surface area contributed by atoms with Gasteiger partial charge in [0.05, 0.1) is 5.39 Å². The molecule has 17 heavy (non-hydrogen) atoms. The summed E-state index contributed by atoms with van der Waals surface area (Å²) in [6.45, 7) is 7.07. The Bertz CT molecular complexity index is 522. The first-order chi connectivity index (χ1) is 8.09. The van der Waals surface area contributed by atoms with Crippen LogP contribution in [0.4, 0.5) is 5.82 Å². The van der Waals surface area contributed by atoms with Gasteiger partial charge in [-0.3, -0.25) is 0 Å². The smallest absolute Gasteiger partial charge is 0.138 e. The molecule has 2 heterocycles. The standard InChI is InChI=1S/C12H16ClN3S/c1-7(13)4-5-14-11-10-8(2)9(3)17-12(10)16-6-15-11/h6-7H,4-5H2,1-3H3,(H,14,15,16). The van der Waals surface area contributed by atoms with Crippen molar-refractivity contribution in [2.75, 3.05) is 11.9 Å². The van der Waals surface area contributed by atoms with E-state index in [-0.39, 0.29) is 5.38 Å². The lowest BCUT2D eigenvalue weighted by Crippen LogP contribution is -2.07. The molecule has 0 aliphatic rings. The molecule has 0 aliphatic carbocycles. The Morgan fingerprint density at radius 3 is 2.88 bits per heavy atom. The van der Waals surface area contributed by atoms with Crippen molar-refractivity contribution < 1.29 is 0 Å². The monoisotopic (exact) mass is 269 g/mol. The largest absolute Gasteiger partial charge is 0.369 e. The number of halogens is 1. The van der Waals surface area contributed by atoms with Crippen LogP contribution in [0.15, 0.2) is 6.33 Å². The molecule has 0 spiro atoms. The van der Waals surface area contributed by atoms with Gasteiger partial charge in [0.15, 0.2) is 0 Å². The molecule has 0 aromatic carbocycles. The van der Waals surface area contributed by atoms with Gasteiger partial charge < -0.3 is 5.32 Å². The van der Waals surface area contributed by atoms with Gasteiger partial charge in [0, 0.05) is 16.8 Å². The molecule has 3 nitrogen and oxygen atoms in total. The van der Waals surface area contributed by atoms with E-state index in [0.717, 1.165) is 29.0 Å². The molecule has 0 amide bonds. The first-order valence-electron chi connectivity index (χ1n) is 5.68. The molecule has 1 unspecified atom stereocenters.